The second kappa shape index (κ2) is 5.66. The SMILES string of the molecule is CCC(CC)C(=O)Cc1cc(Br)cs1. The number of hydrogen-bond donors (Lipinski definition) is 0. The van der Waals surface area contributed by atoms with Gasteiger partial charge in [-0.25, -0.2) is 0 Å². The van der Waals surface area contributed by atoms with Gasteiger partial charge >= 0.3 is 0 Å². The minimum atomic E-state index is 0.246. The van der Waals surface area contributed by atoms with Crippen LogP contribution in [0.2, 0.25) is 0 Å². The fourth-order valence-electron chi connectivity index (χ4n) is 1.51. The maximum absolute atomic E-state index is 11.8. The Hall–Kier alpha value is -0.150. The molecule has 1 nitrogen and oxygen atoms in total. The first-order valence-corrected chi connectivity index (χ1v) is 6.60. The first-order valence-electron chi connectivity index (χ1n) is 4.93. The van der Waals surface area contributed by atoms with Crippen molar-refractivity contribution < 1.29 is 4.79 Å². The topological polar surface area (TPSA) is 17.1 Å². The van der Waals surface area contributed by atoms with Gasteiger partial charge in [0.15, 0.2) is 0 Å². The first-order chi connectivity index (χ1) is 6.67. The van der Waals surface area contributed by atoms with Crippen molar-refractivity contribution in [3.05, 3.63) is 20.8 Å². The summed E-state index contributed by atoms with van der Waals surface area (Å²) < 4.78 is 1.08. The molecule has 0 saturated carbocycles. The average molecular weight is 275 g/mol. The number of Topliss-reactive ketones (excluding diaryl/α,β-unsaturated/α-hetero) is 1. The van der Waals surface area contributed by atoms with Crippen molar-refractivity contribution >= 4 is 33.0 Å². The summed E-state index contributed by atoms with van der Waals surface area (Å²) in [5.41, 5.74) is 0. The molecule has 1 aromatic rings. The van der Waals surface area contributed by atoms with Crippen LogP contribution in [0.25, 0.3) is 0 Å². The van der Waals surface area contributed by atoms with Gasteiger partial charge in [0.05, 0.1) is 0 Å². The van der Waals surface area contributed by atoms with Crippen molar-refractivity contribution in [3.8, 4) is 0 Å². The smallest absolute Gasteiger partial charge is 0.141 e. The van der Waals surface area contributed by atoms with E-state index in [0.29, 0.717) is 12.2 Å². The molecule has 0 fully saturated rings. The Kier molecular flexibility index (Phi) is 4.82. The molecule has 0 aliphatic heterocycles. The Morgan fingerprint density at radius 3 is 2.57 bits per heavy atom. The molecule has 0 amide bonds. The van der Waals surface area contributed by atoms with E-state index in [1.807, 2.05) is 11.4 Å². The molecule has 0 N–H and O–H groups in total. The van der Waals surface area contributed by atoms with Crippen molar-refractivity contribution in [1.82, 2.24) is 0 Å². The van der Waals surface area contributed by atoms with Gasteiger partial charge in [-0.05, 0) is 34.8 Å². The maximum Gasteiger partial charge on any atom is 0.141 e. The van der Waals surface area contributed by atoms with Crippen LogP contribution < -0.4 is 0 Å². The Morgan fingerprint density at radius 2 is 2.14 bits per heavy atom. The summed E-state index contributed by atoms with van der Waals surface area (Å²) in [7, 11) is 0. The number of rotatable bonds is 5. The van der Waals surface area contributed by atoms with Crippen LogP contribution in [0.1, 0.15) is 31.6 Å². The third-order valence-corrected chi connectivity index (χ3v) is 4.11. The molecule has 0 atom stereocenters. The van der Waals surface area contributed by atoms with E-state index >= 15 is 0 Å². The molecule has 0 bridgehead atoms. The van der Waals surface area contributed by atoms with Crippen molar-refractivity contribution in [3.63, 3.8) is 0 Å². The van der Waals surface area contributed by atoms with Gasteiger partial charge in [-0.15, -0.1) is 11.3 Å². The lowest BCUT2D eigenvalue weighted by Gasteiger charge is -2.09. The molecule has 0 aliphatic carbocycles. The number of hydrogen-bond acceptors (Lipinski definition) is 2. The molecule has 0 aromatic carbocycles. The monoisotopic (exact) mass is 274 g/mol. The predicted molar refractivity (Wildman–Crippen MR) is 64.8 cm³/mol. The highest BCUT2D eigenvalue weighted by Crippen LogP contribution is 2.22. The zero-order chi connectivity index (χ0) is 10.6. The molecule has 1 aromatic heterocycles. The van der Waals surface area contributed by atoms with Gasteiger partial charge in [-0.2, -0.15) is 0 Å². The van der Waals surface area contributed by atoms with Crippen LogP contribution in [0.5, 0.6) is 0 Å². The van der Waals surface area contributed by atoms with Crippen molar-refractivity contribution in [2.45, 2.75) is 33.1 Å². The first kappa shape index (κ1) is 11.9. The molecule has 14 heavy (non-hydrogen) atoms. The fraction of sp³-hybridized carbons (Fsp3) is 0.545. The standard InChI is InChI=1S/C11H15BrOS/c1-3-8(4-2)11(13)6-10-5-9(12)7-14-10/h5,7-8H,3-4,6H2,1-2H3. The fourth-order valence-corrected chi connectivity index (χ4v) is 2.97. The summed E-state index contributed by atoms with van der Waals surface area (Å²) in [6, 6.07) is 2.03. The van der Waals surface area contributed by atoms with Gasteiger partial charge in [0.1, 0.15) is 5.78 Å². The maximum atomic E-state index is 11.8. The second-order valence-corrected chi connectivity index (χ2v) is 5.30. The molecular formula is C11H15BrOS. The zero-order valence-corrected chi connectivity index (χ0v) is 11.0. The molecule has 0 spiro atoms. The molecule has 3 heteroatoms. The number of halogens is 1. The summed E-state index contributed by atoms with van der Waals surface area (Å²) in [6.07, 6.45) is 2.52. The Balaban J connectivity index is 2.56. The van der Waals surface area contributed by atoms with Crippen molar-refractivity contribution in [1.29, 1.82) is 0 Å². The third-order valence-electron chi connectivity index (χ3n) is 2.41. The van der Waals surface area contributed by atoms with Gasteiger partial charge in [0.25, 0.3) is 0 Å². The summed E-state index contributed by atoms with van der Waals surface area (Å²) in [4.78, 5) is 12.9. The summed E-state index contributed by atoms with van der Waals surface area (Å²) >= 11 is 5.04. The predicted octanol–water partition coefficient (Wildman–Crippen LogP) is 4.06. The number of carbonyl (C=O) groups is 1. The highest BCUT2D eigenvalue weighted by Gasteiger charge is 2.15. The number of ketones is 1. The van der Waals surface area contributed by atoms with Gasteiger partial charge in [-0.3, -0.25) is 4.79 Å². The summed E-state index contributed by atoms with van der Waals surface area (Å²) in [5.74, 6) is 0.625. The Labute approximate surface area is 97.7 Å². The summed E-state index contributed by atoms with van der Waals surface area (Å²) in [5, 5.41) is 2.02. The van der Waals surface area contributed by atoms with E-state index in [0.717, 1.165) is 22.2 Å². The molecule has 1 heterocycles. The van der Waals surface area contributed by atoms with Crippen molar-refractivity contribution in [2.24, 2.45) is 5.92 Å². The second-order valence-electron chi connectivity index (χ2n) is 3.39. The van der Waals surface area contributed by atoms with E-state index in [9.17, 15) is 4.79 Å². The quantitative estimate of drug-likeness (QED) is 0.792. The molecule has 0 aliphatic rings. The molecule has 78 valence electrons. The van der Waals surface area contributed by atoms with Gasteiger partial charge in [0.2, 0.25) is 0 Å². The largest absolute Gasteiger partial charge is 0.299 e. The lowest BCUT2D eigenvalue weighted by molar-refractivity contribution is -0.122. The van der Waals surface area contributed by atoms with Gasteiger partial charge < -0.3 is 0 Å². The van der Waals surface area contributed by atoms with Crippen LogP contribution in [0.3, 0.4) is 0 Å². The molecule has 0 saturated heterocycles. The lowest BCUT2D eigenvalue weighted by atomic mass is 9.96. The van der Waals surface area contributed by atoms with Crippen LogP contribution in [-0.4, -0.2) is 5.78 Å². The zero-order valence-electron chi connectivity index (χ0n) is 8.55. The minimum Gasteiger partial charge on any atom is -0.299 e. The Morgan fingerprint density at radius 1 is 1.50 bits per heavy atom. The van der Waals surface area contributed by atoms with Crippen LogP contribution in [0.15, 0.2) is 15.9 Å². The lowest BCUT2D eigenvalue weighted by Crippen LogP contribution is -2.14. The molecule has 0 unspecified atom stereocenters. The van der Waals surface area contributed by atoms with Gasteiger partial charge in [0, 0.05) is 27.1 Å². The van der Waals surface area contributed by atoms with E-state index in [2.05, 4.69) is 29.8 Å². The van der Waals surface area contributed by atoms with Crippen molar-refractivity contribution in [2.75, 3.05) is 0 Å². The van der Waals surface area contributed by atoms with Crippen LogP contribution in [-0.2, 0) is 11.2 Å². The van der Waals surface area contributed by atoms with Gasteiger partial charge in [-0.1, -0.05) is 13.8 Å². The molecule has 0 radical (unpaired) electrons. The van der Waals surface area contributed by atoms with E-state index in [1.165, 1.54) is 0 Å². The van der Waals surface area contributed by atoms with E-state index in [4.69, 9.17) is 0 Å². The minimum absolute atomic E-state index is 0.246. The van der Waals surface area contributed by atoms with E-state index in [1.54, 1.807) is 11.3 Å². The highest BCUT2D eigenvalue weighted by molar-refractivity contribution is 9.10. The third kappa shape index (κ3) is 3.21. The number of thiophene rings is 1. The Bertz CT molecular complexity index is 302. The molecular weight excluding hydrogens is 260 g/mol. The number of carbonyl (C=O) groups excluding carboxylic acids is 1. The van der Waals surface area contributed by atoms with Crippen LogP contribution in [0.4, 0.5) is 0 Å². The van der Waals surface area contributed by atoms with E-state index < -0.39 is 0 Å². The van der Waals surface area contributed by atoms with Crippen LogP contribution >= 0.6 is 27.3 Å². The average Bonchev–Trinajstić information content (AvgIpc) is 2.53. The van der Waals surface area contributed by atoms with E-state index in [-0.39, 0.29) is 5.92 Å². The van der Waals surface area contributed by atoms with Crippen LogP contribution in [0, 0.1) is 5.92 Å². The molecule has 1 rings (SSSR count). The summed E-state index contributed by atoms with van der Waals surface area (Å²) in [6.45, 7) is 4.16. The normalized spacial score (nSPS) is 10.9. The highest BCUT2D eigenvalue weighted by atomic mass is 79.9.